The number of carbonyl (C=O) groups excluding carboxylic acids is 2. The summed E-state index contributed by atoms with van der Waals surface area (Å²) in [4.78, 5) is 43.2. The molecule has 9 nitrogen and oxygen atoms in total. The maximum Gasteiger partial charge on any atom is 0.255 e. The minimum Gasteiger partial charge on any atom is -0.373 e. The maximum absolute atomic E-state index is 13.1. The summed E-state index contributed by atoms with van der Waals surface area (Å²) in [5.41, 5.74) is 4.50. The lowest BCUT2D eigenvalue weighted by Gasteiger charge is -2.22. The highest BCUT2D eigenvalue weighted by molar-refractivity contribution is 6.04. The van der Waals surface area contributed by atoms with E-state index in [0.29, 0.717) is 46.6 Å². The number of hydrogen-bond acceptors (Lipinski definition) is 7. The minimum atomic E-state index is -0.615. The average molecular weight is 537 g/mol. The van der Waals surface area contributed by atoms with Gasteiger partial charge in [0.2, 0.25) is 5.91 Å². The van der Waals surface area contributed by atoms with Gasteiger partial charge >= 0.3 is 0 Å². The van der Waals surface area contributed by atoms with Gasteiger partial charge in [-0.3, -0.25) is 14.6 Å². The van der Waals surface area contributed by atoms with E-state index >= 15 is 0 Å². The van der Waals surface area contributed by atoms with E-state index in [4.69, 9.17) is 9.72 Å². The highest BCUT2D eigenvalue weighted by Gasteiger charge is 2.25. The molecular weight excluding hydrogens is 504 g/mol. The molecule has 0 atom stereocenters. The van der Waals surface area contributed by atoms with Gasteiger partial charge in [-0.05, 0) is 87.6 Å². The van der Waals surface area contributed by atoms with Crippen molar-refractivity contribution in [2.45, 2.75) is 45.6 Å². The molecule has 1 aromatic carbocycles. The Labute approximate surface area is 233 Å². The summed E-state index contributed by atoms with van der Waals surface area (Å²) >= 11 is 0. The molecule has 9 heteroatoms. The number of pyridine rings is 2. The van der Waals surface area contributed by atoms with Crippen LogP contribution < -0.4 is 10.6 Å². The fraction of sp³-hybridized carbons (Fsp3) is 0.290. The van der Waals surface area contributed by atoms with E-state index < -0.39 is 5.60 Å². The molecule has 3 aromatic heterocycles. The third kappa shape index (κ3) is 6.38. The van der Waals surface area contributed by atoms with Crippen LogP contribution in [0.5, 0.6) is 0 Å². The van der Waals surface area contributed by atoms with E-state index in [2.05, 4.69) is 25.6 Å². The Balaban J connectivity index is 1.36. The molecular formula is C31H32N6O3. The molecule has 3 heterocycles. The van der Waals surface area contributed by atoms with Crippen LogP contribution in [0.3, 0.4) is 0 Å². The maximum atomic E-state index is 13.1. The van der Waals surface area contributed by atoms with Crippen LogP contribution in [-0.4, -0.2) is 38.9 Å². The lowest BCUT2D eigenvalue weighted by molar-refractivity contribution is -0.116. The number of benzene rings is 1. The second-order valence-electron chi connectivity index (χ2n) is 10.5. The number of rotatable bonds is 9. The van der Waals surface area contributed by atoms with Crippen LogP contribution in [-0.2, 0) is 15.1 Å². The van der Waals surface area contributed by atoms with E-state index in [1.807, 2.05) is 51.1 Å². The topological polar surface area (TPSA) is 119 Å². The Hall–Kier alpha value is -4.50. The molecule has 204 valence electrons. The Kier molecular flexibility index (Phi) is 7.66. The predicted molar refractivity (Wildman–Crippen MR) is 154 cm³/mol. The van der Waals surface area contributed by atoms with Crippen LogP contribution in [0.4, 0.5) is 11.5 Å². The van der Waals surface area contributed by atoms with Crippen LogP contribution >= 0.6 is 0 Å². The van der Waals surface area contributed by atoms with Crippen LogP contribution in [0, 0.1) is 12.8 Å². The van der Waals surface area contributed by atoms with Gasteiger partial charge in [-0.1, -0.05) is 6.07 Å². The van der Waals surface area contributed by atoms with Gasteiger partial charge in [-0.15, -0.1) is 0 Å². The van der Waals surface area contributed by atoms with Gasteiger partial charge in [0.15, 0.2) is 5.82 Å². The highest BCUT2D eigenvalue weighted by atomic mass is 16.5. The zero-order valence-corrected chi connectivity index (χ0v) is 23.1. The quantitative estimate of drug-likeness (QED) is 0.278. The van der Waals surface area contributed by atoms with E-state index in [-0.39, 0.29) is 11.8 Å². The number of aromatic nitrogens is 4. The number of ether oxygens (including phenoxy) is 1. The van der Waals surface area contributed by atoms with Crippen LogP contribution in [0.2, 0.25) is 0 Å². The van der Waals surface area contributed by atoms with Crippen molar-refractivity contribution in [2.24, 2.45) is 5.92 Å². The number of carbonyl (C=O) groups is 2. The number of amides is 2. The fourth-order valence-corrected chi connectivity index (χ4v) is 4.25. The second kappa shape index (κ2) is 11.3. The molecule has 2 amide bonds. The number of hydrogen-bond donors (Lipinski definition) is 2. The molecule has 1 aliphatic rings. The van der Waals surface area contributed by atoms with Crippen molar-refractivity contribution < 1.29 is 14.3 Å². The number of nitrogens with one attached hydrogen (secondary N) is 2. The largest absolute Gasteiger partial charge is 0.373 e. The summed E-state index contributed by atoms with van der Waals surface area (Å²) in [6, 6.07) is 14.5. The second-order valence-corrected chi connectivity index (χ2v) is 10.5. The van der Waals surface area contributed by atoms with Gasteiger partial charge in [0, 0.05) is 54.5 Å². The Morgan fingerprint density at radius 1 is 0.950 bits per heavy atom. The lowest BCUT2D eigenvalue weighted by atomic mass is 10.0. The monoisotopic (exact) mass is 536 g/mol. The summed E-state index contributed by atoms with van der Waals surface area (Å²) in [6.45, 7) is 5.79. The number of methoxy groups -OCH3 is 1. The first-order valence-electron chi connectivity index (χ1n) is 13.3. The summed E-state index contributed by atoms with van der Waals surface area (Å²) in [5.74, 6) is 1.21. The molecule has 0 bridgehead atoms. The first-order chi connectivity index (χ1) is 19.2. The Bertz CT molecular complexity index is 1560. The van der Waals surface area contributed by atoms with Gasteiger partial charge in [-0.2, -0.15) is 0 Å². The summed E-state index contributed by atoms with van der Waals surface area (Å²) in [7, 11) is 1.61. The zero-order chi connectivity index (χ0) is 28.3. The van der Waals surface area contributed by atoms with Crippen molar-refractivity contribution in [3.05, 3.63) is 83.9 Å². The molecule has 5 rings (SSSR count). The molecule has 0 spiro atoms. The summed E-state index contributed by atoms with van der Waals surface area (Å²) in [5, 5.41) is 5.86. The molecule has 40 heavy (non-hydrogen) atoms. The van der Waals surface area contributed by atoms with Crippen molar-refractivity contribution in [1.82, 2.24) is 19.9 Å². The normalized spacial score (nSPS) is 13.1. The van der Waals surface area contributed by atoms with Crippen molar-refractivity contribution >= 4 is 23.3 Å². The van der Waals surface area contributed by atoms with E-state index in [1.54, 1.807) is 43.9 Å². The molecule has 0 unspecified atom stereocenters. The van der Waals surface area contributed by atoms with Gasteiger partial charge in [0.1, 0.15) is 11.4 Å². The van der Waals surface area contributed by atoms with Gasteiger partial charge in [0.25, 0.3) is 5.91 Å². The van der Waals surface area contributed by atoms with Crippen LogP contribution in [0.15, 0.2) is 67.1 Å². The summed E-state index contributed by atoms with van der Waals surface area (Å²) < 4.78 is 5.51. The average Bonchev–Trinajstić information content (AvgIpc) is 3.78. The number of nitrogens with zero attached hydrogens (tertiary/aromatic N) is 4. The molecule has 1 aliphatic carbocycles. The lowest BCUT2D eigenvalue weighted by Crippen LogP contribution is -2.22. The number of aryl methyl sites for hydroxylation is 1. The van der Waals surface area contributed by atoms with Gasteiger partial charge < -0.3 is 15.4 Å². The first kappa shape index (κ1) is 27.1. The van der Waals surface area contributed by atoms with Gasteiger partial charge in [-0.25, -0.2) is 15.0 Å². The van der Waals surface area contributed by atoms with Crippen molar-refractivity contribution in [1.29, 1.82) is 0 Å². The molecule has 0 radical (unpaired) electrons. The van der Waals surface area contributed by atoms with E-state index in [9.17, 15) is 9.59 Å². The Morgan fingerprint density at radius 2 is 1.73 bits per heavy atom. The molecule has 0 saturated heterocycles. The van der Waals surface area contributed by atoms with Crippen LogP contribution in [0.1, 0.15) is 54.7 Å². The smallest absolute Gasteiger partial charge is 0.255 e. The van der Waals surface area contributed by atoms with Crippen LogP contribution in [0.25, 0.3) is 22.6 Å². The third-order valence-electron chi connectivity index (χ3n) is 7.03. The summed E-state index contributed by atoms with van der Waals surface area (Å²) in [6.07, 6.45) is 7.70. The fourth-order valence-electron chi connectivity index (χ4n) is 4.25. The first-order valence-corrected chi connectivity index (χ1v) is 13.3. The highest BCUT2D eigenvalue weighted by Crippen LogP contribution is 2.33. The molecule has 0 aliphatic heterocycles. The zero-order valence-electron chi connectivity index (χ0n) is 23.1. The van der Waals surface area contributed by atoms with Crippen molar-refractivity contribution in [2.75, 3.05) is 17.7 Å². The van der Waals surface area contributed by atoms with E-state index in [1.165, 1.54) is 0 Å². The molecule has 1 saturated carbocycles. The molecule has 1 fully saturated rings. The predicted octanol–water partition coefficient (Wildman–Crippen LogP) is 5.78. The van der Waals surface area contributed by atoms with Gasteiger partial charge in [0.05, 0.1) is 11.4 Å². The van der Waals surface area contributed by atoms with E-state index in [0.717, 1.165) is 29.5 Å². The van der Waals surface area contributed by atoms with Crippen molar-refractivity contribution in [3.63, 3.8) is 0 Å². The standard InChI is InChI=1S/C31H32N6O3/c1-19-5-8-23(35-30(39)22-10-12-32-26(16-22)31(2,3)40-4)18-24(19)25-11-14-34-29(36-25)21-9-13-33-27(17-21)37-28(38)15-20-6-7-20/h5,8-14,16-18,20H,6-7,15H2,1-4H3,(H,35,39)(H,33,37,38). The molecule has 4 aromatic rings. The minimum absolute atomic E-state index is 0.0262. The molecule has 2 N–H and O–H groups in total. The third-order valence-corrected chi connectivity index (χ3v) is 7.03. The number of anilines is 2. The Morgan fingerprint density at radius 3 is 2.50 bits per heavy atom. The van der Waals surface area contributed by atoms with Crippen molar-refractivity contribution in [3.8, 4) is 22.6 Å². The SMILES string of the molecule is COC(C)(C)c1cc(C(=O)Nc2ccc(C)c(-c3ccnc(-c4ccnc(NC(=O)CC5CC5)c4)n3)c2)ccn1.